The van der Waals surface area contributed by atoms with Gasteiger partial charge in [-0.1, -0.05) is 36.7 Å². The van der Waals surface area contributed by atoms with Crippen LogP contribution in [0, 0.1) is 3.57 Å². The van der Waals surface area contributed by atoms with E-state index in [0.29, 0.717) is 0 Å². The van der Waals surface area contributed by atoms with Crippen molar-refractivity contribution >= 4 is 45.5 Å². The zero-order valence-electron chi connectivity index (χ0n) is 9.41. The summed E-state index contributed by atoms with van der Waals surface area (Å²) < 4.78 is 2.12. The van der Waals surface area contributed by atoms with Gasteiger partial charge in [0.1, 0.15) is 0 Å². The fourth-order valence-electron chi connectivity index (χ4n) is 1.76. The molecule has 2 aromatic rings. The minimum absolute atomic E-state index is 0.241. The molecule has 2 rings (SSSR count). The summed E-state index contributed by atoms with van der Waals surface area (Å²) in [4.78, 5) is 1.26. The summed E-state index contributed by atoms with van der Waals surface area (Å²) in [6.45, 7) is 3.06. The van der Waals surface area contributed by atoms with E-state index in [0.717, 1.165) is 10.9 Å². The van der Waals surface area contributed by atoms with E-state index in [2.05, 4.69) is 65.2 Å². The second kappa shape index (κ2) is 6.18. The molecule has 0 saturated carbocycles. The van der Waals surface area contributed by atoms with E-state index < -0.39 is 0 Å². The van der Waals surface area contributed by atoms with Crippen LogP contribution in [0.3, 0.4) is 0 Å². The van der Waals surface area contributed by atoms with Gasteiger partial charge in [-0.3, -0.25) is 0 Å². The van der Waals surface area contributed by atoms with Gasteiger partial charge in [0.05, 0.1) is 10.4 Å². The van der Waals surface area contributed by atoms with Crippen molar-refractivity contribution < 1.29 is 0 Å². The van der Waals surface area contributed by atoms with E-state index in [9.17, 15) is 0 Å². The second-order valence-corrected chi connectivity index (χ2v) is 6.56. The maximum Gasteiger partial charge on any atom is 0.0931 e. The van der Waals surface area contributed by atoms with E-state index in [4.69, 9.17) is 11.6 Å². The lowest BCUT2D eigenvalue weighted by atomic mass is 10.1. The van der Waals surface area contributed by atoms with Crippen molar-refractivity contribution in [1.29, 1.82) is 0 Å². The molecule has 1 aromatic carbocycles. The van der Waals surface area contributed by atoms with Gasteiger partial charge >= 0.3 is 0 Å². The number of halogens is 2. The molecule has 1 atom stereocenters. The zero-order chi connectivity index (χ0) is 12.3. The first-order chi connectivity index (χ1) is 8.22. The van der Waals surface area contributed by atoms with Crippen molar-refractivity contribution in [3.63, 3.8) is 0 Å². The minimum atomic E-state index is 0.241. The maximum atomic E-state index is 6.02. The van der Waals surface area contributed by atoms with E-state index in [-0.39, 0.29) is 6.04 Å². The number of hydrogen-bond acceptors (Lipinski definition) is 2. The van der Waals surface area contributed by atoms with Crippen LogP contribution in [0.5, 0.6) is 0 Å². The van der Waals surface area contributed by atoms with Gasteiger partial charge in [-0.05, 0) is 52.9 Å². The summed E-state index contributed by atoms with van der Waals surface area (Å²) >= 11 is 10.0. The summed E-state index contributed by atoms with van der Waals surface area (Å²) in [7, 11) is 0. The first-order valence-corrected chi connectivity index (χ1v) is 7.72. The van der Waals surface area contributed by atoms with Crippen LogP contribution in [-0.4, -0.2) is 6.54 Å². The van der Waals surface area contributed by atoms with Crippen LogP contribution in [0.25, 0.3) is 0 Å². The zero-order valence-corrected chi connectivity index (χ0v) is 13.1. The minimum Gasteiger partial charge on any atom is -0.306 e. The Morgan fingerprint density at radius 1 is 1.29 bits per heavy atom. The topological polar surface area (TPSA) is 12.0 Å². The first-order valence-electron chi connectivity index (χ1n) is 5.45. The molecule has 4 heteroatoms. The van der Waals surface area contributed by atoms with Crippen LogP contribution >= 0.6 is 45.5 Å². The Morgan fingerprint density at radius 3 is 2.65 bits per heavy atom. The molecule has 1 N–H and O–H groups in total. The van der Waals surface area contributed by atoms with Gasteiger partial charge in [0.15, 0.2) is 0 Å². The van der Waals surface area contributed by atoms with Gasteiger partial charge in [-0.15, -0.1) is 11.3 Å². The molecule has 1 aromatic heterocycles. The van der Waals surface area contributed by atoms with Crippen LogP contribution in [0.15, 0.2) is 36.4 Å². The van der Waals surface area contributed by atoms with Crippen molar-refractivity contribution in [2.75, 3.05) is 6.54 Å². The van der Waals surface area contributed by atoms with Crippen LogP contribution < -0.4 is 5.32 Å². The Balaban J connectivity index is 2.39. The normalized spacial score (nSPS) is 12.6. The van der Waals surface area contributed by atoms with Gasteiger partial charge in [-0.25, -0.2) is 0 Å². The van der Waals surface area contributed by atoms with Crippen LogP contribution in [0.2, 0.25) is 4.34 Å². The highest BCUT2D eigenvalue weighted by atomic mass is 127. The van der Waals surface area contributed by atoms with Crippen molar-refractivity contribution in [1.82, 2.24) is 5.32 Å². The molecule has 90 valence electrons. The largest absolute Gasteiger partial charge is 0.306 e. The number of nitrogens with one attached hydrogen (secondary N) is 1. The van der Waals surface area contributed by atoms with E-state index in [1.807, 2.05) is 6.07 Å². The van der Waals surface area contributed by atoms with Gasteiger partial charge in [0, 0.05) is 8.45 Å². The van der Waals surface area contributed by atoms with Crippen molar-refractivity contribution in [2.45, 2.75) is 13.0 Å². The molecule has 0 spiro atoms. The fourth-order valence-corrected chi connectivity index (χ4v) is 3.62. The standard InChI is InChI=1S/C13H13ClINS/c1-2-16-13(11-7-8-12(14)17-11)9-5-3-4-6-10(9)15/h3-8,13,16H,2H2,1H3. The summed E-state index contributed by atoms with van der Waals surface area (Å²) in [5, 5.41) is 3.52. The monoisotopic (exact) mass is 377 g/mol. The van der Waals surface area contributed by atoms with Gasteiger partial charge in [-0.2, -0.15) is 0 Å². The molecule has 0 bridgehead atoms. The fraction of sp³-hybridized carbons (Fsp3) is 0.231. The molecule has 1 unspecified atom stereocenters. The Bertz CT molecular complexity index is 498. The Kier molecular flexibility index (Phi) is 4.85. The van der Waals surface area contributed by atoms with Crippen LogP contribution in [0.1, 0.15) is 23.4 Å². The average Bonchev–Trinajstić information content (AvgIpc) is 2.74. The molecule has 0 saturated heterocycles. The third kappa shape index (κ3) is 3.22. The van der Waals surface area contributed by atoms with E-state index in [1.165, 1.54) is 14.0 Å². The molecule has 0 amide bonds. The van der Waals surface area contributed by atoms with Gasteiger partial charge < -0.3 is 5.32 Å². The number of hydrogen-bond donors (Lipinski definition) is 1. The lowest BCUT2D eigenvalue weighted by molar-refractivity contribution is 0.637. The highest BCUT2D eigenvalue weighted by Crippen LogP contribution is 2.32. The second-order valence-electron chi connectivity index (χ2n) is 3.65. The molecule has 1 heterocycles. The molecule has 17 heavy (non-hydrogen) atoms. The SMILES string of the molecule is CCNC(c1ccc(Cl)s1)c1ccccc1I. The lowest BCUT2D eigenvalue weighted by Crippen LogP contribution is -2.21. The summed E-state index contributed by atoms with van der Waals surface area (Å²) in [6, 6.07) is 12.8. The number of benzene rings is 1. The van der Waals surface area contributed by atoms with Crippen molar-refractivity contribution in [3.05, 3.63) is 54.7 Å². The smallest absolute Gasteiger partial charge is 0.0931 e. The van der Waals surface area contributed by atoms with Crippen molar-refractivity contribution in [3.8, 4) is 0 Å². The highest BCUT2D eigenvalue weighted by molar-refractivity contribution is 14.1. The number of thiophene rings is 1. The van der Waals surface area contributed by atoms with Gasteiger partial charge in [0.25, 0.3) is 0 Å². The predicted molar refractivity (Wildman–Crippen MR) is 84.0 cm³/mol. The molecule has 0 aliphatic heterocycles. The third-order valence-electron chi connectivity index (χ3n) is 2.50. The average molecular weight is 378 g/mol. The van der Waals surface area contributed by atoms with E-state index in [1.54, 1.807) is 11.3 Å². The molecule has 1 nitrogen and oxygen atoms in total. The predicted octanol–water partition coefficient (Wildman–Crippen LogP) is 4.71. The Morgan fingerprint density at radius 2 is 2.06 bits per heavy atom. The molecular weight excluding hydrogens is 365 g/mol. The lowest BCUT2D eigenvalue weighted by Gasteiger charge is -2.18. The number of rotatable bonds is 4. The molecule has 0 aliphatic carbocycles. The van der Waals surface area contributed by atoms with Crippen molar-refractivity contribution in [2.24, 2.45) is 0 Å². The summed E-state index contributed by atoms with van der Waals surface area (Å²) in [5.74, 6) is 0. The molecular formula is C13H13ClINS. The Labute approximate surface area is 124 Å². The quantitative estimate of drug-likeness (QED) is 0.761. The summed E-state index contributed by atoms with van der Waals surface area (Å²) in [5.41, 5.74) is 1.31. The Hall–Kier alpha value is -0.100. The third-order valence-corrected chi connectivity index (χ3v) is 4.78. The first kappa shape index (κ1) is 13.3. The van der Waals surface area contributed by atoms with E-state index >= 15 is 0 Å². The highest BCUT2D eigenvalue weighted by Gasteiger charge is 2.16. The molecule has 0 aliphatic rings. The molecule has 0 radical (unpaired) electrons. The van der Waals surface area contributed by atoms with Gasteiger partial charge in [0.2, 0.25) is 0 Å². The van der Waals surface area contributed by atoms with Crippen LogP contribution in [0.4, 0.5) is 0 Å². The summed E-state index contributed by atoms with van der Waals surface area (Å²) in [6.07, 6.45) is 0. The molecule has 0 fully saturated rings. The maximum absolute atomic E-state index is 6.02. The van der Waals surface area contributed by atoms with Crippen LogP contribution in [-0.2, 0) is 0 Å².